The van der Waals surface area contributed by atoms with E-state index in [1.807, 2.05) is 70.2 Å². The zero-order valence-corrected chi connectivity index (χ0v) is 14.1. The fourth-order valence-corrected chi connectivity index (χ4v) is 2.17. The largest absolute Gasteiger partial charge is 0.444 e. The van der Waals surface area contributed by atoms with Crippen molar-refractivity contribution in [1.82, 2.24) is 0 Å². The van der Waals surface area contributed by atoms with Crippen LogP contribution in [-0.4, -0.2) is 11.7 Å². The van der Waals surface area contributed by atoms with Crippen molar-refractivity contribution in [3.8, 4) is 11.1 Å². The Morgan fingerprint density at radius 3 is 2.30 bits per heavy atom. The zero-order chi connectivity index (χ0) is 17.0. The summed E-state index contributed by atoms with van der Waals surface area (Å²) in [5.74, 6) is 0. The molecule has 4 nitrogen and oxygen atoms in total. The van der Waals surface area contributed by atoms with Gasteiger partial charge in [-0.3, -0.25) is 5.32 Å². The quantitative estimate of drug-likeness (QED) is 0.862. The first-order valence-electron chi connectivity index (χ1n) is 7.70. The van der Waals surface area contributed by atoms with E-state index in [4.69, 9.17) is 10.5 Å². The minimum Gasteiger partial charge on any atom is -0.444 e. The van der Waals surface area contributed by atoms with E-state index in [1.165, 1.54) is 0 Å². The molecule has 0 aliphatic rings. The van der Waals surface area contributed by atoms with Crippen LogP contribution < -0.4 is 11.1 Å². The Balaban J connectivity index is 2.10. The van der Waals surface area contributed by atoms with Gasteiger partial charge >= 0.3 is 6.09 Å². The van der Waals surface area contributed by atoms with Gasteiger partial charge in [0.05, 0.1) is 0 Å². The summed E-state index contributed by atoms with van der Waals surface area (Å²) in [7, 11) is 0. The average Bonchev–Trinajstić information content (AvgIpc) is 2.46. The number of carbonyl (C=O) groups excluding carboxylic acids is 1. The molecule has 2 aromatic rings. The predicted octanol–water partition coefficient (Wildman–Crippen LogP) is 4.72. The van der Waals surface area contributed by atoms with Gasteiger partial charge < -0.3 is 10.5 Å². The summed E-state index contributed by atoms with van der Waals surface area (Å²) in [6, 6.07) is 15.8. The van der Waals surface area contributed by atoms with Crippen LogP contribution in [0.1, 0.15) is 39.3 Å². The highest BCUT2D eigenvalue weighted by molar-refractivity contribution is 5.85. The van der Waals surface area contributed by atoms with E-state index >= 15 is 0 Å². The number of benzene rings is 2. The Labute approximate surface area is 137 Å². The molecule has 2 aromatic carbocycles. The van der Waals surface area contributed by atoms with Crippen molar-refractivity contribution in [2.24, 2.45) is 5.73 Å². The SMILES string of the molecule is CC(N)c1cccc(-c2ccc(NC(=O)OC(C)(C)C)cc2)c1. The first-order chi connectivity index (χ1) is 10.7. The molecule has 1 unspecified atom stereocenters. The van der Waals surface area contributed by atoms with E-state index in [0.717, 1.165) is 16.7 Å². The number of nitrogens with one attached hydrogen (secondary N) is 1. The third kappa shape index (κ3) is 5.11. The molecule has 0 radical (unpaired) electrons. The lowest BCUT2D eigenvalue weighted by molar-refractivity contribution is 0.0636. The Kier molecular flexibility index (Phi) is 5.06. The predicted molar refractivity (Wildman–Crippen MR) is 94.3 cm³/mol. The van der Waals surface area contributed by atoms with Crippen molar-refractivity contribution >= 4 is 11.8 Å². The Hall–Kier alpha value is -2.33. The second-order valence-electron chi connectivity index (χ2n) is 6.62. The van der Waals surface area contributed by atoms with Gasteiger partial charge in [0.15, 0.2) is 0 Å². The van der Waals surface area contributed by atoms with Crippen LogP contribution in [0.25, 0.3) is 11.1 Å². The van der Waals surface area contributed by atoms with Crippen molar-refractivity contribution in [3.05, 3.63) is 54.1 Å². The van der Waals surface area contributed by atoms with Crippen LogP contribution in [0.3, 0.4) is 0 Å². The van der Waals surface area contributed by atoms with Crippen molar-refractivity contribution in [2.75, 3.05) is 5.32 Å². The summed E-state index contributed by atoms with van der Waals surface area (Å²) in [4.78, 5) is 11.8. The molecule has 2 rings (SSSR count). The minimum absolute atomic E-state index is 0.00283. The fourth-order valence-electron chi connectivity index (χ4n) is 2.17. The molecule has 0 saturated heterocycles. The highest BCUT2D eigenvalue weighted by Crippen LogP contribution is 2.24. The maximum atomic E-state index is 11.8. The number of hydrogen-bond donors (Lipinski definition) is 2. The Morgan fingerprint density at radius 2 is 1.74 bits per heavy atom. The lowest BCUT2D eigenvalue weighted by Gasteiger charge is -2.19. The third-order valence-corrected chi connectivity index (χ3v) is 3.28. The van der Waals surface area contributed by atoms with Gasteiger partial charge in [0.1, 0.15) is 5.60 Å². The molecule has 0 aliphatic carbocycles. The van der Waals surface area contributed by atoms with Gasteiger partial charge in [-0.25, -0.2) is 4.79 Å². The molecule has 0 heterocycles. The van der Waals surface area contributed by atoms with Crippen molar-refractivity contribution < 1.29 is 9.53 Å². The van der Waals surface area contributed by atoms with E-state index in [-0.39, 0.29) is 6.04 Å². The number of ether oxygens (including phenoxy) is 1. The zero-order valence-electron chi connectivity index (χ0n) is 14.1. The Bertz CT molecular complexity index is 671. The summed E-state index contributed by atoms with van der Waals surface area (Å²) in [5.41, 5.74) is 9.39. The van der Waals surface area contributed by atoms with Gasteiger partial charge in [-0.15, -0.1) is 0 Å². The van der Waals surface area contributed by atoms with Gasteiger partial charge in [0.2, 0.25) is 0 Å². The molecule has 1 amide bonds. The van der Waals surface area contributed by atoms with E-state index in [2.05, 4.69) is 11.4 Å². The van der Waals surface area contributed by atoms with Gasteiger partial charge in [-0.1, -0.05) is 30.3 Å². The normalized spacial score (nSPS) is 12.6. The standard InChI is InChI=1S/C19H24N2O2/c1-13(20)15-6-5-7-16(12-15)14-8-10-17(11-9-14)21-18(22)23-19(2,3)4/h5-13H,20H2,1-4H3,(H,21,22). The van der Waals surface area contributed by atoms with Gasteiger partial charge in [-0.05, 0) is 62.6 Å². The molecule has 0 spiro atoms. The highest BCUT2D eigenvalue weighted by atomic mass is 16.6. The van der Waals surface area contributed by atoms with Gasteiger partial charge in [0, 0.05) is 11.7 Å². The maximum absolute atomic E-state index is 11.8. The van der Waals surface area contributed by atoms with Crippen LogP contribution in [0.5, 0.6) is 0 Å². The molecule has 0 aromatic heterocycles. The number of hydrogen-bond acceptors (Lipinski definition) is 3. The van der Waals surface area contributed by atoms with Crippen molar-refractivity contribution in [1.29, 1.82) is 0 Å². The summed E-state index contributed by atoms with van der Waals surface area (Å²) >= 11 is 0. The van der Waals surface area contributed by atoms with Crippen LogP contribution in [0, 0.1) is 0 Å². The topological polar surface area (TPSA) is 64.3 Å². The van der Waals surface area contributed by atoms with Crippen LogP contribution in [0.4, 0.5) is 10.5 Å². The number of rotatable bonds is 3. The van der Waals surface area contributed by atoms with Gasteiger partial charge in [0.25, 0.3) is 0 Å². The third-order valence-electron chi connectivity index (χ3n) is 3.28. The maximum Gasteiger partial charge on any atom is 0.412 e. The molecule has 4 heteroatoms. The molecule has 0 aliphatic heterocycles. The molecular formula is C19H24N2O2. The molecule has 1 atom stereocenters. The van der Waals surface area contributed by atoms with Crippen LogP contribution in [-0.2, 0) is 4.74 Å². The Morgan fingerprint density at radius 1 is 1.09 bits per heavy atom. The summed E-state index contributed by atoms with van der Waals surface area (Å²) in [5, 5.41) is 2.73. The molecular weight excluding hydrogens is 288 g/mol. The second-order valence-corrected chi connectivity index (χ2v) is 6.62. The molecule has 0 bridgehead atoms. The van der Waals surface area contributed by atoms with Crippen LogP contribution in [0.15, 0.2) is 48.5 Å². The lowest BCUT2D eigenvalue weighted by Crippen LogP contribution is -2.27. The fraction of sp³-hybridized carbons (Fsp3) is 0.316. The monoisotopic (exact) mass is 312 g/mol. The summed E-state index contributed by atoms with van der Waals surface area (Å²) in [6.45, 7) is 7.47. The molecule has 3 N–H and O–H groups in total. The first-order valence-corrected chi connectivity index (χ1v) is 7.70. The van der Waals surface area contributed by atoms with Gasteiger partial charge in [-0.2, -0.15) is 0 Å². The minimum atomic E-state index is -0.511. The van der Waals surface area contributed by atoms with Crippen molar-refractivity contribution in [3.63, 3.8) is 0 Å². The van der Waals surface area contributed by atoms with Crippen LogP contribution in [0.2, 0.25) is 0 Å². The van der Waals surface area contributed by atoms with E-state index in [0.29, 0.717) is 5.69 Å². The van der Waals surface area contributed by atoms with E-state index in [1.54, 1.807) is 0 Å². The highest BCUT2D eigenvalue weighted by Gasteiger charge is 2.16. The number of amides is 1. The number of carbonyl (C=O) groups is 1. The van der Waals surface area contributed by atoms with E-state index < -0.39 is 11.7 Å². The molecule has 23 heavy (non-hydrogen) atoms. The average molecular weight is 312 g/mol. The molecule has 122 valence electrons. The van der Waals surface area contributed by atoms with Crippen LogP contribution >= 0.6 is 0 Å². The van der Waals surface area contributed by atoms with E-state index in [9.17, 15) is 4.79 Å². The second kappa shape index (κ2) is 6.84. The summed E-state index contributed by atoms with van der Waals surface area (Å²) < 4.78 is 5.23. The number of nitrogens with two attached hydrogens (primary N) is 1. The lowest BCUT2D eigenvalue weighted by atomic mass is 10.0. The number of anilines is 1. The molecule has 0 saturated carbocycles. The molecule has 0 fully saturated rings. The first kappa shape index (κ1) is 17.0. The smallest absolute Gasteiger partial charge is 0.412 e. The summed E-state index contributed by atoms with van der Waals surface area (Å²) in [6.07, 6.45) is -0.454. The van der Waals surface area contributed by atoms with Crippen molar-refractivity contribution in [2.45, 2.75) is 39.3 Å².